The van der Waals surface area contributed by atoms with Gasteiger partial charge in [0.05, 0.1) is 6.10 Å². The summed E-state index contributed by atoms with van der Waals surface area (Å²) in [6.07, 6.45) is 7.02. The van der Waals surface area contributed by atoms with Gasteiger partial charge in [-0.05, 0) is 61.5 Å². The lowest BCUT2D eigenvalue weighted by Gasteiger charge is -2.27. The summed E-state index contributed by atoms with van der Waals surface area (Å²) >= 11 is 0. The van der Waals surface area contributed by atoms with E-state index in [9.17, 15) is 9.59 Å². The topological polar surface area (TPSA) is 52.6 Å². The number of ether oxygens (including phenoxy) is 2. The highest BCUT2D eigenvalue weighted by Crippen LogP contribution is 2.70. The number of hydrogen-bond donors (Lipinski definition) is 0. The molecular weight excluding hydrogens is 352 g/mol. The highest BCUT2D eigenvalue weighted by Gasteiger charge is 2.66. The molecule has 0 spiro atoms. The van der Waals surface area contributed by atoms with Crippen LogP contribution in [0, 0.1) is 23.2 Å². The first-order valence-corrected chi connectivity index (χ1v) is 10.2. The SMILES string of the molecule is C=C1C(=O)O[C@@H]2C[C@]3(C)C(CCC(C)OC(=O)/C=C/c4ccccc4)[C@@H]3C[C@H]12. The van der Waals surface area contributed by atoms with E-state index in [0.29, 0.717) is 17.4 Å². The highest BCUT2D eigenvalue weighted by molar-refractivity contribution is 5.91. The van der Waals surface area contributed by atoms with Crippen LogP contribution in [0.25, 0.3) is 6.08 Å². The first kappa shape index (κ1) is 19.0. The molecule has 0 aromatic heterocycles. The molecule has 0 N–H and O–H groups in total. The van der Waals surface area contributed by atoms with Gasteiger partial charge in [-0.1, -0.05) is 43.8 Å². The first-order valence-electron chi connectivity index (χ1n) is 10.2. The summed E-state index contributed by atoms with van der Waals surface area (Å²) in [5.74, 6) is 0.939. The number of fused-ring (bicyclic) bond motifs is 2. The molecule has 0 radical (unpaired) electrons. The minimum absolute atomic E-state index is 0.0182. The van der Waals surface area contributed by atoms with Gasteiger partial charge >= 0.3 is 11.9 Å². The van der Waals surface area contributed by atoms with Crippen LogP contribution in [0.5, 0.6) is 0 Å². The molecule has 1 aliphatic heterocycles. The number of benzene rings is 1. The van der Waals surface area contributed by atoms with Gasteiger partial charge in [0.15, 0.2) is 0 Å². The normalized spacial score (nSPS) is 34.5. The summed E-state index contributed by atoms with van der Waals surface area (Å²) < 4.78 is 11.0. The number of rotatable bonds is 6. The van der Waals surface area contributed by atoms with E-state index in [4.69, 9.17) is 9.47 Å². The zero-order chi connectivity index (χ0) is 19.9. The zero-order valence-electron chi connectivity index (χ0n) is 16.6. The molecular formula is C24H28O4. The maximum atomic E-state index is 12.0. The van der Waals surface area contributed by atoms with Gasteiger partial charge in [0.25, 0.3) is 0 Å². The average Bonchev–Trinajstić information content (AvgIpc) is 3.15. The zero-order valence-corrected chi connectivity index (χ0v) is 16.6. The number of esters is 2. The molecule has 28 heavy (non-hydrogen) atoms. The second-order valence-corrected chi connectivity index (χ2v) is 8.80. The van der Waals surface area contributed by atoms with Gasteiger partial charge in [0, 0.05) is 17.6 Å². The second kappa shape index (κ2) is 7.23. The smallest absolute Gasteiger partial charge is 0.334 e. The van der Waals surface area contributed by atoms with Crippen LogP contribution in [-0.2, 0) is 19.1 Å². The molecule has 2 saturated carbocycles. The molecule has 1 aromatic rings. The Labute approximate surface area is 166 Å². The molecule has 4 rings (SSSR count). The molecule has 3 fully saturated rings. The van der Waals surface area contributed by atoms with Crippen molar-refractivity contribution in [3.63, 3.8) is 0 Å². The lowest BCUT2D eigenvalue weighted by molar-refractivity contribution is -0.142. The van der Waals surface area contributed by atoms with E-state index in [-0.39, 0.29) is 35.5 Å². The van der Waals surface area contributed by atoms with Gasteiger partial charge in [-0.15, -0.1) is 0 Å². The average molecular weight is 380 g/mol. The molecule has 2 aliphatic carbocycles. The molecule has 6 atom stereocenters. The van der Waals surface area contributed by atoms with Gasteiger partial charge in [0.2, 0.25) is 0 Å². The molecule has 4 nitrogen and oxygen atoms in total. The molecule has 1 saturated heterocycles. The summed E-state index contributed by atoms with van der Waals surface area (Å²) in [7, 11) is 0. The third kappa shape index (κ3) is 3.52. The van der Waals surface area contributed by atoms with Gasteiger partial charge in [-0.3, -0.25) is 0 Å². The Kier molecular flexibility index (Phi) is 4.90. The Bertz CT molecular complexity index is 811. The Morgan fingerprint density at radius 1 is 1.39 bits per heavy atom. The van der Waals surface area contributed by atoms with Crippen molar-refractivity contribution in [2.24, 2.45) is 23.2 Å². The van der Waals surface area contributed by atoms with E-state index < -0.39 is 0 Å². The number of carbonyl (C=O) groups is 2. The molecule has 4 heteroatoms. The third-order valence-electron chi connectivity index (χ3n) is 7.05. The van der Waals surface area contributed by atoms with Gasteiger partial charge in [-0.25, -0.2) is 9.59 Å². The fourth-order valence-electron chi connectivity index (χ4n) is 5.33. The van der Waals surface area contributed by atoms with E-state index in [2.05, 4.69) is 13.5 Å². The second-order valence-electron chi connectivity index (χ2n) is 8.80. The highest BCUT2D eigenvalue weighted by atomic mass is 16.6. The van der Waals surface area contributed by atoms with Crippen molar-refractivity contribution in [1.29, 1.82) is 0 Å². The summed E-state index contributed by atoms with van der Waals surface area (Å²) in [5.41, 5.74) is 1.89. The quantitative estimate of drug-likeness (QED) is 0.536. The molecule has 0 amide bonds. The molecule has 148 valence electrons. The van der Waals surface area contributed by atoms with Crippen LogP contribution in [0.1, 0.15) is 45.1 Å². The maximum Gasteiger partial charge on any atom is 0.334 e. The van der Waals surface area contributed by atoms with Gasteiger partial charge in [0.1, 0.15) is 6.10 Å². The van der Waals surface area contributed by atoms with Crippen LogP contribution < -0.4 is 0 Å². The Morgan fingerprint density at radius 3 is 2.89 bits per heavy atom. The fraction of sp³-hybridized carbons (Fsp3) is 0.500. The fourth-order valence-corrected chi connectivity index (χ4v) is 5.33. The molecule has 0 bridgehead atoms. The van der Waals surface area contributed by atoms with Crippen LogP contribution in [0.2, 0.25) is 0 Å². The maximum absolute atomic E-state index is 12.0. The number of carbonyl (C=O) groups excluding carboxylic acids is 2. The van der Waals surface area contributed by atoms with Gasteiger partial charge < -0.3 is 9.47 Å². The molecule has 1 aromatic carbocycles. The van der Waals surface area contributed by atoms with Crippen LogP contribution >= 0.6 is 0 Å². The van der Waals surface area contributed by atoms with Crippen LogP contribution in [0.3, 0.4) is 0 Å². The lowest BCUT2D eigenvalue weighted by atomic mass is 9.79. The van der Waals surface area contributed by atoms with Crippen molar-refractivity contribution in [3.05, 3.63) is 54.1 Å². The summed E-state index contributed by atoms with van der Waals surface area (Å²) in [4.78, 5) is 23.8. The van der Waals surface area contributed by atoms with Crippen molar-refractivity contribution < 1.29 is 19.1 Å². The minimum atomic E-state index is -0.298. The Hall–Kier alpha value is -2.36. The van der Waals surface area contributed by atoms with Crippen LogP contribution in [-0.4, -0.2) is 24.1 Å². The molecule has 2 unspecified atom stereocenters. The molecule has 3 aliphatic rings. The van der Waals surface area contributed by atoms with Crippen molar-refractivity contribution in [2.75, 3.05) is 0 Å². The van der Waals surface area contributed by atoms with Gasteiger partial charge in [-0.2, -0.15) is 0 Å². The van der Waals surface area contributed by atoms with E-state index in [1.165, 1.54) is 6.08 Å². The Balaban J connectivity index is 1.24. The third-order valence-corrected chi connectivity index (χ3v) is 7.05. The first-order chi connectivity index (χ1) is 13.4. The van der Waals surface area contributed by atoms with Crippen molar-refractivity contribution in [1.82, 2.24) is 0 Å². The minimum Gasteiger partial charge on any atom is -0.460 e. The van der Waals surface area contributed by atoms with E-state index in [0.717, 1.165) is 31.2 Å². The van der Waals surface area contributed by atoms with Crippen molar-refractivity contribution in [3.8, 4) is 0 Å². The predicted octanol–water partition coefficient (Wildman–Crippen LogP) is 4.56. The van der Waals surface area contributed by atoms with E-state index in [1.54, 1.807) is 6.08 Å². The van der Waals surface area contributed by atoms with E-state index >= 15 is 0 Å². The summed E-state index contributed by atoms with van der Waals surface area (Å²) in [6.45, 7) is 8.20. The lowest BCUT2D eigenvalue weighted by Crippen LogP contribution is -2.26. The predicted molar refractivity (Wildman–Crippen MR) is 107 cm³/mol. The number of hydrogen-bond acceptors (Lipinski definition) is 4. The van der Waals surface area contributed by atoms with Crippen molar-refractivity contribution >= 4 is 18.0 Å². The van der Waals surface area contributed by atoms with Crippen LogP contribution in [0.15, 0.2) is 48.6 Å². The van der Waals surface area contributed by atoms with Crippen LogP contribution in [0.4, 0.5) is 0 Å². The van der Waals surface area contributed by atoms with Crippen molar-refractivity contribution in [2.45, 2.75) is 51.7 Å². The standard InChI is InChI=1S/C24H28O4/c1-15(27-22(25)12-10-17-7-5-4-6-8-17)9-11-19-20-13-18-16(2)23(26)28-21(18)14-24(19,20)3/h4-8,10,12,15,18-21H,2,9,11,13-14H2,1,3H3/b12-10+/t15?,18-,19?,20+,21-,24-/m1/s1. The largest absolute Gasteiger partial charge is 0.460 e. The Morgan fingerprint density at radius 2 is 2.14 bits per heavy atom. The summed E-state index contributed by atoms with van der Waals surface area (Å²) in [5, 5.41) is 0. The molecule has 1 heterocycles. The summed E-state index contributed by atoms with van der Waals surface area (Å²) in [6, 6.07) is 9.72. The monoisotopic (exact) mass is 380 g/mol. The van der Waals surface area contributed by atoms with E-state index in [1.807, 2.05) is 37.3 Å².